The van der Waals surface area contributed by atoms with Crippen LogP contribution in [0.25, 0.3) is 32.9 Å². The van der Waals surface area contributed by atoms with Crippen molar-refractivity contribution in [2.24, 2.45) is 5.11 Å². The van der Waals surface area contributed by atoms with E-state index in [2.05, 4.69) is 87.8 Å². The molecule has 1 saturated carbocycles. The Labute approximate surface area is 303 Å². The molecule has 1 aromatic carbocycles. The van der Waals surface area contributed by atoms with Gasteiger partial charge in [-0.3, -0.25) is 4.57 Å². The first-order chi connectivity index (χ1) is 23.6. The van der Waals surface area contributed by atoms with Crippen LogP contribution in [0, 0.1) is 0 Å². The van der Waals surface area contributed by atoms with Gasteiger partial charge >= 0.3 is 6.01 Å². The highest BCUT2D eigenvalue weighted by Crippen LogP contribution is 2.41. The summed E-state index contributed by atoms with van der Waals surface area (Å²) in [5, 5.41) is 4.53. The summed E-state index contributed by atoms with van der Waals surface area (Å²) in [7, 11) is -3.30. The van der Waals surface area contributed by atoms with Crippen molar-refractivity contribution in [3.63, 3.8) is 0 Å². The topological polar surface area (TPSA) is 126 Å². The normalized spacial score (nSPS) is 25.9. The molecule has 6 rings (SSSR count). The molecule has 0 bridgehead atoms. The van der Waals surface area contributed by atoms with Crippen LogP contribution >= 0.6 is 11.6 Å². The van der Waals surface area contributed by atoms with Gasteiger partial charge in [-0.05, 0) is 72.9 Å². The molecule has 50 heavy (non-hydrogen) atoms. The second-order valence-electron chi connectivity index (χ2n) is 16.8. The number of nitrogens with zero attached hydrogens (tertiary/aromatic N) is 6. The maximum Gasteiger partial charge on any atom is 0.301 e. The molecule has 0 radical (unpaired) electrons. The highest BCUT2D eigenvalue weighted by atomic mass is 35.5. The van der Waals surface area contributed by atoms with Crippen molar-refractivity contribution < 1.29 is 23.4 Å². The summed E-state index contributed by atoms with van der Waals surface area (Å²) in [6.07, 6.45) is 2.93. The molecule has 4 heterocycles. The highest BCUT2D eigenvalue weighted by molar-refractivity contribution is 6.76. The zero-order chi connectivity index (χ0) is 35.8. The molecule has 0 unspecified atom stereocenters. The van der Waals surface area contributed by atoms with Crippen molar-refractivity contribution in [3.05, 3.63) is 51.4 Å². The molecule has 0 amide bonds. The highest BCUT2D eigenvalue weighted by Gasteiger charge is 2.52. The molecule has 3 aliphatic rings. The Bertz CT molecular complexity index is 1690. The lowest BCUT2D eigenvalue weighted by atomic mass is 9.82. The molecule has 272 valence electrons. The molecule has 1 aliphatic carbocycles. The van der Waals surface area contributed by atoms with Gasteiger partial charge in [-0.1, -0.05) is 81.4 Å². The summed E-state index contributed by atoms with van der Waals surface area (Å²) in [4.78, 5) is 12.9. The number of azide groups is 1. The fraction of sp³-hybridized carbons (Fsp3) is 0.667. The summed E-state index contributed by atoms with van der Waals surface area (Å²) in [6, 6.07) is 11.9. The summed E-state index contributed by atoms with van der Waals surface area (Å²) >= 11 is 6.89. The number of ether oxygens (including phenoxy) is 4. The number of halogens is 1. The Kier molecular flexibility index (Phi) is 11.1. The standard InChI is InChI=1S/C36H53ClN6O5Si2/c1-36(2,3)50(7,8)48-30-21-46-32-29(20-45-33(30)32)47-35-39-28-19-27(37)31(40-34(28)43(35)22-44-17-18-49(4,5)6)25-11-9-23(10-12-25)24-13-15-26(16-14-24)41-42-38/h9-12,19,24,26,29-30,32-33H,13-18,20-22H2,1-8H3/t24-,26+,29-,30-,32-,33-/m1/s1. The average molecular weight is 741 g/mol. The fourth-order valence-corrected chi connectivity index (χ4v) is 9.10. The van der Waals surface area contributed by atoms with Crippen molar-refractivity contribution in [2.45, 2.75) is 133 Å². The summed E-state index contributed by atoms with van der Waals surface area (Å²) < 4.78 is 34.0. The number of aromatic nitrogens is 3. The van der Waals surface area contributed by atoms with Crippen LogP contribution in [0.5, 0.6) is 6.01 Å². The first kappa shape index (κ1) is 37.3. The maximum absolute atomic E-state index is 8.80. The van der Waals surface area contributed by atoms with Crippen LogP contribution in [0.1, 0.15) is 57.9 Å². The van der Waals surface area contributed by atoms with Crippen LogP contribution in [0.3, 0.4) is 0 Å². The van der Waals surface area contributed by atoms with Crippen molar-refractivity contribution in [2.75, 3.05) is 19.8 Å². The van der Waals surface area contributed by atoms with E-state index in [0.29, 0.717) is 53.6 Å². The van der Waals surface area contributed by atoms with Crippen LogP contribution < -0.4 is 4.74 Å². The number of hydrogen-bond acceptors (Lipinski definition) is 8. The third-order valence-corrected chi connectivity index (χ3v) is 17.4. The lowest BCUT2D eigenvalue weighted by Gasteiger charge is -2.39. The number of benzene rings is 1. The fourth-order valence-electron chi connectivity index (χ4n) is 6.78. The first-order valence-electron chi connectivity index (χ1n) is 18.0. The quantitative estimate of drug-likeness (QED) is 0.0596. The first-order valence-corrected chi connectivity index (χ1v) is 25.0. The second kappa shape index (κ2) is 14.9. The van der Waals surface area contributed by atoms with E-state index in [0.717, 1.165) is 37.3 Å². The van der Waals surface area contributed by atoms with Crippen LogP contribution in [0.2, 0.25) is 48.8 Å². The van der Waals surface area contributed by atoms with Gasteiger partial charge in [0.1, 0.15) is 24.5 Å². The molecule has 14 heteroatoms. The third kappa shape index (κ3) is 8.26. The minimum Gasteiger partial charge on any atom is -0.456 e. The van der Waals surface area contributed by atoms with Crippen molar-refractivity contribution in [1.29, 1.82) is 0 Å². The zero-order valence-corrected chi connectivity index (χ0v) is 33.6. The van der Waals surface area contributed by atoms with Crippen LogP contribution in [0.4, 0.5) is 0 Å². The monoisotopic (exact) mass is 740 g/mol. The molecule has 0 N–H and O–H groups in total. The van der Waals surface area contributed by atoms with Crippen molar-refractivity contribution in [1.82, 2.24) is 14.5 Å². The van der Waals surface area contributed by atoms with E-state index in [1.807, 2.05) is 10.6 Å². The zero-order valence-electron chi connectivity index (χ0n) is 30.8. The van der Waals surface area contributed by atoms with Crippen molar-refractivity contribution >= 4 is 39.2 Å². The van der Waals surface area contributed by atoms with Crippen LogP contribution in [-0.4, -0.2) is 81.2 Å². The van der Waals surface area contributed by atoms with E-state index in [1.165, 1.54) is 5.56 Å². The van der Waals surface area contributed by atoms with Gasteiger partial charge < -0.3 is 23.4 Å². The van der Waals surface area contributed by atoms with Gasteiger partial charge in [-0.25, -0.2) is 4.98 Å². The second-order valence-corrected chi connectivity index (χ2v) is 27.6. The number of fused-ring (bicyclic) bond motifs is 2. The maximum atomic E-state index is 8.80. The Morgan fingerprint density at radius 3 is 2.28 bits per heavy atom. The van der Waals surface area contributed by atoms with Gasteiger partial charge in [0, 0.05) is 31.2 Å². The summed E-state index contributed by atoms with van der Waals surface area (Å²) in [5.41, 5.74) is 13.0. The number of rotatable bonds is 12. The van der Waals surface area contributed by atoms with E-state index in [-0.39, 0.29) is 42.2 Å². The molecule has 3 aromatic rings. The average Bonchev–Trinajstić information content (AvgIpc) is 3.73. The Hall–Kier alpha value is -2.49. The Balaban J connectivity index is 1.23. The van der Waals surface area contributed by atoms with E-state index in [4.69, 9.17) is 50.5 Å². The molecule has 3 fully saturated rings. The van der Waals surface area contributed by atoms with Crippen molar-refractivity contribution in [3.8, 4) is 17.3 Å². The van der Waals surface area contributed by atoms with Gasteiger partial charge in [0.2, 0.25) is 0 Å². The van der Waals surface area contributed by atoms with Crippen LogP contribution in [0.15, 0.2) is 35.4 Å². The van der Waals surface area contributed by atoms with E-state index >= 15 is 0 Å². The van der Waals surface area contributed by atoms with E-state index in [9.17, 15) is 0 Å². The molecular weight excluding hydrogens is 688 g/mol. The molecule has 2 aliphatic heterocycles. The number of pyridine rings is 1. The molecular formula is C36H53ClN6O5Si2. The van der Waals surface area contributed by atoms with Crippen LogP contribution in [-0.2, 0) is 25.4 Å². The molecule has 0 spiro atoms. The number of hydrogen-bond donors (Lipinski definition) is 0. The van der Waals surface area contributed by atoms with Gasteiger partial charge in [-0.2, -0.15) is 4.98 Å². The molecule has 4 atom stereocenters. The Morgan fingerprint density at radius 1 is 0.980 bits per heavy atom. The number of imidazole rings is 1. The summed E-state index contributed by atoms with van der Waals surface area (Å²) in [6.45, 7) is 20.0. The predicted molar refractivity (Wildman–Crippen MR) is 202 cm³/mol. The predicted octanol–water partition coefficient (Wildman–Crippen LogP) is 9.34. The smallest absolute Gasteiger partial charge is 0.301 e. The lowest BCUT2D eigenvalue weighted by molar-refractivity contribution is 0.00687. The molecule has 11 nitrogen and oxygen atoms in total. The molecule has 2 saturated heterocycles. The Morgan fingerprint density at radius 2 is 1.64 bits per heavy atom. The minimum absolute atomic E-state index is 0.0869. The van der Waals surface area contributed by atoms with E-state index in [1.54, 1.807) is 0 Å². The van der Waals surface area contributed by atoms with Gasteiger partial charge in [0.15, 0.2) is 20.1 Å². The summed E-state index contributed by atoms with van der Waals surface area (Å²) in [5.74, 6) is 0.450. The SMILES string of the molecule is CC(C)(C)[Si](C)(C)O[C@@H]1CO[C@H]2[C@@H]1OC[C@H]2Oc1nc2cc(Cl)c(-c3ccc([C@H]4CC[C@@H](N=[N+]=[N-])CC4)cc3)nc2n1COCC[Si](C)(C)C. The lowest BCUT2D eigenvalue weighted by Crippen LogP contribution is -2.47. The van der Waals surface area contributed by atoms with Gasteiger partial charge in [-0.15, -0.1) is 0 Å². The van der Waals surface area contributed by atoms with E-state index < -0.39 is 16.4 Å². The minimum atomic E-state index is -2.01. The van der Waals surface area contributed by atoms with Gasteiger partial charge in [0.05, 0.1) is 30.0 Å². The largest absolute Gasteiger partial charge is 0.456 e. The molecule has 2 aromatic heterocycles. The van der Waals surface area contributed by atoms with Gasteiger partial charge in [0.25, 0.3) is 0 Å². The third-order valence-electron chi connectivity index (χ3n) is 10.9.